The van der Waals surface area contributed by atoms with Crippen molar-refractivity contribution >= 4 is 57.4 Å². The average molecular weight is 436 g/mol. The van der Waals surface area contributed by atoms with Crippen molar-refractivity contribution in [3.8, 4) is 5.75 Å². The molecule has 0 aliphatic heterocycles. The molecule has 21 heavy (non-hydrogen) atoms. The highest BCUT2D eigenvalue weighted by molar-refractivity contribution is 14.1. The first kappa shape index (κ1) is 16.4. The number of nitrogens with one attached hydrogen (secondary N) is 1. The number of hydrogen-bond donors (Lipinski definition) is 1. The largest absolute Gasteiger partial charge is 0.484 e. The summed E-state index contributed by atoms with van der Waals surface area (Å²) in [7, 11) is 0. The monoisotopic (exact) mass is 435 g/mol. The first-order valence-electron chi connectivity index (χ1n) is 6.09. The van der Waals surface area contributed by atoms with Crippen LogP contribution in [-0.2, 0) is 4.79 Å². The minimum Gasteiger partial charge on any atom is -0.484 e. The fourth-order valence-corrected chi connectivity index (χ4v) is 2.65. The Kier molecular flexibility index (Phi) is 5.72. The molecule has 0 bridgehead atoms. The van der Waals surface area contributed by atoms with Gasteiger partial charge in [0.1, 0.15) is 5.75 Å². The number of anilines is 1. The summed E-state index contributed by atoms with van der Waals surface area (Å²) in [6.07, 6.45) is 0. The second-order valence-electron chi connectivity index (χ2n) is 4.37. The summed E-state index contributed by atoms with van der Waals surface area (Å²) in [4.78, 5) is 11.9. The summed E-state index contributed by atoms with van der Waals surface area (Å²) in [6.45, 7) is 1.78. The smallest absolute Gasteiger partial charge is 0.262 e. The topological polar surface area (TPSA) is 38.3 Å². The lowest BCUT2D eigenvalue weighted by molar-refractivity contribution is -0.118. The molecule has 0 unspecified atom stereocenters. The van der Waals surface area contributed by atoms with Crippen molar-refractivity contribution in [2.75, 3.05) is 11.9 Å². The van der Waals surface area contributed by atoms with E-state index in [1.807, 2.05) is 13.0 Å². The molecule has 6 heteroatoms. The van der Waals surface area contributed by atoms with Crippen LogP contribution >= 0.6 is 45.8 Å². The van der Waals surface area contributed by atoms with E-state index in [0.717, 1.165) is 9.13 Å². The van der Waals surface area contributed by atoms with Crippen molar-refractivity contribution in [3.63, 3.8) is 0 Å². The van der Waals surface area contributed by atoms with Crippen molar-refractivity contribution in [1.29, 1.82) is 0 Å². The Hall–Kier alpha value is -0.980. The average Bonchev–Trinajstić information content (AvgIpc) is 2.43. The van der Waals surface area contributed by atoms with Crippen LogP contribution in [-0.4, -0.2) is 12.5 Å². The third kappa shape index (κ3) is 4.76. The predicted octanol–water partition coefficient (Wildman–Crippen LogP) is 4.92. The Labute approximate surface area is 146 Å². The number of benzene rings is 2. The molecule has 0 aromatic heterocycles. The molecule has 2 rings (SSSR count). The Balaban J connectivity index is 1.94. The van der Waals surface area contributed by atoms with Gasteiger partial charge in [-0.05, 0) is 71.5 Å². The number of rotatable bonds is 4. The van der Waals surface area contributed by atoms with Crippen molar-refractivity contribution in [3.05, 3.63) is 55.6 Å². The van der Waals surface area contributed by atoms with E-state index in [4.69, 9.17) is 27.9 Å². The van der Waals surface area contributed by atoms with Crippen LogP contribution < -0.4 is 10.1 Å². The maximum atomic E-state index is 11.9. The van der Waals surface area contributed by atoms with E-state index in [-0.39, 0.29) is 12.5 Å². The maximum Gasteiger partial charge on any atom is 0.262 e. The van der Waals surface area contributed by atoms with Gasteiger partial charge in [-0.3, -0.25) is 4.79 Å². The summed E-state index contributed by atoms with van der Waals surface area (Å²) in [5, 5.41) is 3.87. The van der Waals surface area contributed by atoms with E-state index < -0.39 is 0 Å². The number of ether oxygens (including phenoxy) is 1. The molecule has 0 saturated heterocycles. The first-order valence-corrected chi connectivity index (χ1v) is 7.93. The number of amides is 1. The van der Waals surface area contributed by atoms with E-state index in [2.05, 4.69) is 27.9 Å². The van der Waals surface area contributed by atoms with Crippen LogP contribution in [0, 0.1) is 10.5 Å². The lowest BCUT2D eigenvalue weighted by Crippen LogP contribution is -2.20. The molecule has 0 aliphatic carbocycles. The zero-order valence-corrected chi connectivity index (χ0v) is 14.8. The van der Waals surface area contributed by atoms with Gasteiger partial charge in [-0.1, -0.05) is 23.2 Å². The molecule has 2 aromatic rings. The molecule has 110 valence electrons. The molecule has 0 atom stereocenters. The van der Waals surface area contributed by atoms with Crippen molar-refractivity contribution in [2.24, 2.45) is 0 Å². The Morgan fingerprint density at radius 2 is 1.95 bits per heavy atom. The molecule has 0 fully saturated rings. The molecule has 1 amide bonds. The van der Waals surface area contributed by atoms with Gasteiger partial charge in [-0.25, -0.2) is 0 Å². The summed E-state index contributed by atoms with van der Waals surface area (Å²) in [6, 6.07) is 10.6. The molecule has 3 nitrogen and oxygen atoms in total. The van der Waals surface area contributed by atoms with Crippen molar-refractivity contribution in [2.45, 2.75) is 6.92 Å². The zero-order valence-electron chi connectivity index (χ0n) is 11.1. The highest BCUT2D eigenvalue weighted by Crippen LogP contribution is 2.24. The molecular formula is C15H12Cl2INO2. The van der Waals surface area contributed by atoms with E-state index in [9.17, 15) is 4.79 Å². The number of carbonyl (C=O) groups excluding carboxylic acids is 1. The SMILES string of the molecule is Cc1cc(OCC(=O)Nc2ccc(I)cc2Cl)ccc1Cl. The summed E-state index contributed by atoms with van der Waals surface area (Å²) in [5.41, 5.74) is 1.47. The molecule has 0 radical (unpaired) electrons. The summed E-state index contributed by atoms with van der Waals surface area (Å²) < 4.78 is 6.43. The van der Waals surface area contributed by atoms with Crippen LogP contribution in [0.2, 0.25) is 10.0 Å². The fourth-order valence-electron chi connectivity index (χ4n) is 1.63. The van der Waals surface area contributed by atoms with Crippen LogP contribution in [0.5, 0.6) is 5.75 Å². The van der Waals surface area contributed by atoms with Crippen LogP contribution in [0.1, 0.15) is 5.56 Å². The van der Waals surface area contributed by atoms with Crippen LogP contribution in [0.3, 0.4) is 0 Å². The highest BCUT2D eigenvalue weighted by Gasteiger charge is 2.07. The first-order chi connectivity index (χ1) is 9.95. The Bertz CT molecular complexity index is 677. The zero-order chi connectivity index (χ0) is 15.4. The number of hydrogen-bond acceptors (Lipinski definition) is 2. The second kappa shape index (κ2) is 7.33. The molecular weight excluding hydrogens is 424 g/mol. The molecule has 1 N–H and O–H groups in total. The normalized spacial score (nSPS) is 10.3. The number of halogens is 3. The van der Waals surface area contributed by atoms with Crippen LogP contribution in [0.15, 0.2) is 36.4 Å². The van der Waals surface area contributed by atoms with Crippen molar-refractivity contribution < 1.29 is 9.53 Å². The molecule has 2 aromatic carbocycles. The van der Waals surface area contributed by atoms with Gasteiger partial charge >= 0.3 is 0 Å². The predicted molar refractivity (Wildman–Crippen MR) is 94.5 cm³/mol. The third-order valence-electron chi connectivity index (χ3n) is 2.70. The van der Waals surface area contributed by atoms with Gasteiger partial charge in [0.25, 0.3) is 5.91 Å². The quantitative estimate of drug-likeness (QED) is 0.692. The minimum atomic E-state index is -0.272. The molecule has 0 spiro atoms. The maximum absolute atomic E-state index is 11.9. The standard InChI is InChI=1S/C15H12Cl2INO2/c1-9-6-11(3-4-12(9)16)21-8-15(20)19-14-5-2-10(18)7-13(14)17/h2-7H,8H2,1H3,(H,19,20). The molecule has 0 heterocycles. The van der Waals surface area contributed by atoms with E-state index in [0.29, 0.717) is 21.5 Å². The van der Waals surface area contributed by atoms with Crippen LogP contribution in [0.4, 0.5) is 5.69 Å². The van der Waals surface area contributed by atoms with Crippen LogP contribution in [0.25, 0.3) is 0 Å². The lowest BCUT2D eigenvalue weighted by Gasteiger charge is -2.10. The van der Waals surface area contributed by atoms with Gasteiger partial charge in [0.2, 0.25) is 0 Å². The minimum absolute atomic E-state index is 0.0939. The number of aryl methyl sites for hydroxylation is 1. The number of carbonyl (C=O) groups is 1. The van der Waals surface area contributed by atoms with Gasteiger partial charge in [0.15, 0.2) is 6.61 Å². The van der Waals surface area contributed by atoms with E-state index >= 15 is 0 Å². The van der Waals surface area contributed by atoms with Crippen molar-refractivity contribution in [1.82, 2.24) is 0 Å². The third-order valence-corrected chi connectivity index (χ3v) is 4.11. The molecule has 0 aliphatic rings. The van der Waals surface area contributed by atoms with Gasteiger partial charge in [-0.15, -0.1) is 0 Å². The summed E-state index contributed by atoms with van der Waals surface area (Å²) in [5.74, 6) is 0.325. The second-order valence-corrected chi connectivity index (χ2v) is 6.43. The lowest BCUT2D eigenvalue weighted by atomic mass is 10.2. The summed E-state index contributed by atoms with van der Waals surface area (Å²) >= 11 is 14.1. The Morgan fingerprint density at radius 1 is 1.19 bits per heavy atom. The van der Waals surface area contributed by atoms with Gasteiger partial charge < -0.3 is 10.1 Å². The molecule has 0 saturated carbocycles. The van der Waals surface area contributed by atoms with Gasteiger partial charge in [0.05, 0.1) is 10.7 Å². The highest BCUT2D eigenvalue weighted by atomic mass is 127. The van der Waals surface area contributed by atoms with E-state index in [1.54, 1.807) is 30.3 Å². The fraction of sp³-hybridized carbons (Fsp3) is 0.133. The van der Waals surface area contributed by atoms with Gasteiger partial charge in [-0.2, -0.15) is 0 Å². The Morgan fingerprint density at radius 3 is 2.62 bits per heavy atom. The van der Waals surface area contributed by atoms with Gasteiger partial charge in [0, 0.05) is 8.59 Å². The van der Waals surface area contributed by atoms with E-state index in [1.165, 1.54) is 0 Å².